The number of aromatic nitrogens is 1. The molecule has 0 bridgehead atoms. The first-order chi connectivity index (χ1) is 13.3. The standard InChI is InChI=1S/C18H18N2O2.C2H2O4/c1-12-6-8-14(9-7-12)20-17(18(21)22)10-13-11-19-16-5-3-2-4-15(13)16;3-1(4)2(5)6/h2-9,11,17,19-20H,10H2,1H3,(H,21,22);(H,3,4)(H,5,6)/t17-;/m0./s1. The predicted molar refractivity (Wildman–Crippen MR) is 103 cm³/mol. The van der Waals surface area contributed by atoms with E-state index in [9.17, 15) is 9.90 Å². The van der Waals surface area contributed by atoms with Crippen LogP contribution in [0.15, 0.2) is 54.7 Å². The number of H-pyrrole nitrogens is 1. The van der Waals surface area contributed by atoms with E-state index in [0.717, 1.165) is 27.7 Å². The van der Waals surface area contributed by atoms with Gasteiger partial charge in [-0.15, -0.1) is 0 Å². The molecule has 0 radical (unpaired) electrons. The molecule has 0 amide bonds. The van der Waals surface area contributed by atoms with E-state index in [4.69, 9.17) is 19.8 Å². The molecular weight excluding hydrogens is 364 g/mol. The fraction of sp³-hybridized carbons (Fsp3) is 0.150. The number of para-hydroxylation sites is 1. The van der Waals surface area contributed by atoms with Crippen LogP contribution in [0, 0.1) is 6.92 Å². The molecule has 0 fully saturated rings. The van der Waals surface area contributed by atoms with Crippen LogP contribution in [-0.2, 0) is 20.8 Å². The van der Waals surface area contributed by atoms with Crippen LogP contribution >= 0.6 is 0 Å². The van der Waals surface area contributed by atoms with Crippen LogP contribution in [0.4, 0.5) is 5.69 Å². The van der Waals surface area contributed by atoms with E-state index >= 15 is 0 Å². The summed E-state index contributed by atoms with van der Waals surface area (Å²) in [6.45, 7) is 2.00. The zero-order valence-electron chi connectivity index (χ0n) is 15.0. The number of rotatable bonds is 5. The monoisotopic (exact) mass is 384 g/mol. The first-order valence-electron chi connectivity index (χ1n) is 8.35. The Morgan fingerprint density at radius 2 is 1.57 bits per heavy atom. The molecule has 1 aromatic heterocycles. The first-order valence-corrected chi connectivity index (χ1v) is 8.35. The van der Waals surface area contributed by atoms with Crippen molar-refractivity contribution in [1.82, 2.24) is 4.98 Å². The lowest BCUT2D eigenvalue weighted by Crippen LogP contribution is -2.31. The summed E-state index contributed by atoms with van der Waals surface area (Å²) in [6, 6.07) is 15.0. The third-order valence-electron chi connectivity index (χ3n) is 3.97. The maximum Gasteiger partial charge on any atom is 0.414 e. The van der Waals surface area contributed by atoms with Crippen LogP contribution in [0.2, 0.25) is 0 Å². The highest BCUT2D eigenvalue weighted by Gasteiger charge is 2.19. The second-order valence-corrected chi connectivity index (χ2v) is 6.08. The highest BCUT2D eigenvalue weighted by molar-refractivity contribution is 6.27. The smallest absolute Gasteiger partial charge is 0.414 e. The quantitative estimate of drug-likeness (QED) is 0.426. The van der Waals surface area contributed by atoms with Crippen molar-refractivity contribution in [3.63, 3.8) is 0 Å². The molecule has 0 saturated carbocycles. The van der Waals surface area contributed by atoms with E-state index in [1.807, 2.05) is 61.7 Å². The molecule has 28 heavy (non-hydrogen) atoms. The van der Waals surface area contributed by atoms with Crippen molar-refractivity contribution in [2.75, 3.05) is 5.32 Å². The van der Waals surface area contributed by atoms with Gasteiger partial charge in [0.25, 0.3) is 0 Å². The van der Waals surface area contributed by atoms with E-state index in [1.165, 1.54) is 0 Å². The predicted octanol–water partition coefficient (Wildman–Crippen LogP) is 2.74. The zero-order chi connectivity index (χ0) is 20.7. The topological polar surface area (TPSA) is 140 Å². The highest BCUT2D eigenvalue weighted by atomic mass is 16.4. The van der Waals surface area contributed by atoms with Crippen LogP contribution in [0.25, 0.3) is 10.9 Å². The van der Waals surface area contributed by atoms with Gasteiger partial charge in [0, 0.05) is 29.2 Å². The number of aromatic amines is 1. The van der Waals surface area contributed by atoms with Crippen LogP contribution in [-0.4, -0.2) is 44.3 Å². The lowest BCUT2D eigenvalue weighted by molar-refractivity contribution is -0.159. The molecule has 0 spiro atoms. The summed E-state index contributed by atoms with van der Waals surface area (Å²) in [4.78, 5) is 32.9. The molecule has 0 aliphatic rings. The van der Waals surface area contributed by atoms with Gasteiger partial charge in [-0.05, 0) is 30.7 Å². The molecule has 0 aliphatic carbocycles. The number of carboxylic acid groups (broad SMARTS) is 3. The SMILES string of the molecule is Cc1ccc(N[C@@H](Cc2c[nH]c3ccccc23)C(=O)O)cc1.O=C(O)C(=O)O. The largest absolute Gasteiger partial charge is 0.480 e. The molecule has 0 saturated heterocycles. The molecule has 1 atom stereocenters. The summed E-state index contributed by atoms with van der Waals surface area (Å²) >= 11 is 0. The van der Waals surface area contributed by atoms with Crippen LogP contribution in [0.1, 0.15) is 11.1 Å². The molecule has 8 heteroatoms. The van der Waals surface area contributed by atoms with Crippen molar-refractivity contribution in [2.24, 2.45) is 0 Å². The maximum atomic E-state index is 11.6. The van der Waals surface area contributed by atoms with E-state index in [-0.39, 0.29) is 0 Å². The molecule has 8 nitrogen and oxygen atoms in total. The van der Waals surface area contributed by atoms with Gasteiger partial charge in [-0.1, -0.05) is 35.9 Å². The Bertz CT molecular complexity index is 966. The molecule has 0 unspecified atom stereocenters. The van der Waals surface area contributed by atoms with Gasteiger partial charge in [-0.25, -0.2) is 14.4 Å². The van der Waals surface area contributed by atoms with Gasteiger partial charge in [0.1, 0.15) is 6.04 Å². The van der Waals surface area contributed by atoms with Crippen LogP contribution < -0.4 is 5.32 Å². The lowest BCUT2D eigenvalue weighted by Gasteiger charge is -2.15. The molecule has 146 valence electrons. The third-order valence-corrected chi connectivity index (χ3v) is 3.97. The fourth-order valence-corrected chi connectivity index (χ4v) is 2.57. The van der Waals surface area contributed by atoms with Gasteiger partial charge in [0.05, 0.1) is 0 Å². The molecule has 3 rings (SSSR count). The van der Waals surface area contributed by atoms with Gasteiger partial charge >= 0.3 is 17.9 Å². The summed E-state index contributed by atoms with van der Waals surface area (Å²) in [5.41, 5.74) is 3.99. The van der Waals surface area contributed by atoms with Gasteiger partial charge in [-0.3, -0.25) is 0 Å². The first kappa shape index (κ1) is 20.5. The van der Waals surface area contributed by atoms with Gasteiger partial charge in [-0.2, -0.15) is 0 Å². The number of benzene rings is 2. The Balaban J connectivity index is 0.000000409. The Morgan fingerprint density at radius 3 is 2.14 bits per heavy atom. The van der Waals surface area contributed by atoms with Crippen LogP contribution in [0.5, 0.6) is 0 Å². The Labute approximate surface area is 160 Å². The zero-order valence-corrected chi connectivity index (χ0v) is 15.0. The number of fused-ring (bicyclic) bond motifs is 1. The van der Waals surface area contributed by atoms with E-state index in [1.54, 1.807) is 0 Å². The van der Waals surface area contributed by atoms with Crippen molar-refractivity contribution in [3.05, 3.63) is 65.9 Å². The van der Waals surface area contributed by atoms with E-state index < -0.39 is 23.9 Å². The number of hydrogen-bond acceptors (Lipinski definition) is 4. The molecule has 1 heterocycles. The number of nitrogens with one attached hydrogen (secondary N) is 2. The summed E-state index contributed by atoms with van der Waals surface area (Å²) in [5.74, 6) is -4.50. The lowest BCUT2D eigenvalue weighted by atomic mass is 10.0. The molecular formula is C20H20N2O6. The van der Waals surface area contributed by atoms with Gasteiger partial charge in [0.15, 0.2) is 0 Å². The molecule has 0 aliphatic heterocycles. The Morgan fingerprint density at radius 1 is 0.964 bits per heavy atom. The summed E-state index contributed by atoms with van der Waals surface area (Å²) in [7, 11) is 0. The number of carbonyl (C=O) groups is 3. The minimum absolute atomic E-state index is 0.424. The number of aliphatic carboxylic acids is 3. The van der Waals surface area contributed by atoms with Crippen molar-refractivity contribution in [3.8, 4) is 0 Å². The van der Waals surface area contributed by atoms with Crippen molar-refractivity contribution in [1.29, 1.82) is 0 Å². The average Bonchev–Trinajstić information content (AvgIpc) is 3.06. The third kappa shape index (κ3) is 5.60. The average molecular weight is 384 g/mol. The number of aryl methyl sites for hydroxylation is 1. The molecule has 5 N–H and O–H groups in total. The second kappa shape index (κ2) is 9.22. The molecule has 3 aromatic rings. The summed E-state index contributed by atoms with van der Waals surface area (Å²) < 4.78 is 0. The maximum absolute atomic E-state index is 11.6. The number of anilines is 1. The fourth-order valence-electron chi connectivity index (χ4n) is 2.57. The van der Waals surface area contributed by atoms with Crippen molar-refractivity contribution < 1.29 is 29.7 Å². The molecule has 2 aromatic carbocycles. The van der Waals surface area contributed by atoms with Crippen molar-refractivity contribution >= 4 is 34.5 Å². The van der Waals surface area contributed by atoms with Crippen LogP contribution in [0.3, 0.4) is 0 Å². The van der Waals surface area contributed by atoms with Crippen molar-refractivity contribution in [2.45, 2.75) is 19.4 Å². The van der Waals surface area contributed by atoms with Gasteiger partial charge < -0.3 is 25.6 Å². The van der Waals surface area contributed by atoms with E-state index in [0.29, 0.717) is 6.42 Å². The van der Waals surface area contributed by atoms with Gasteiger partial charge in [0.2, 0.25) is 0 Å². The minimum Gasteiger partial charge on any atom is -0.480 e. The Kier molecular flexibility index (Phi) is 6.75. The number of hydrogen-bond donors (Lipinski definition) is 5. The van der Waals surface area contributed by atoms with E-state index in [2.05, 4.69) is 10.3 Å². The number of carboxylic acids is 3. The minimum atomic E-state index is -1.82. The normalized spacial score (nSPS) is 11.2. The Hall–Kier alpha value is -3.81. The second-order valence-electron chi connectivity index (χ2n) is 6.08. The summed E-state index contributed by atoms with van der Waals surface area (Å²) in [5, 5.41) is 28.4. The summed E-state index contributed by atoms with van der Waals surface area (Å²) in [6.07, 6.45) is 2.31. The highest BCUT2D eigenvalue weighted by Crippen LogP contribution is 2.20.